The summed E-state index contributed by atoms with van der Waals surface area (Å²) < 4.78 is 5.32. The second kappa shape index (κ2) is 5.28. The minimum absolute atomic E-state index is 0.187. The summed E-state index contributed by atoms with van der Waals surface area (Å²) in [6, 6.07) is 0.649. The number of rotatable bonds is 3. The molecular weight excluding hydrogens is 190 g/mol. The van der Waals surface area contributed by atoms with Crippen molar-refractivity contribution < 1.29 is 9.84 Å². The number of aliphatic hydroxyl groups excluding tert-OH is 1. The lowest BCUT2D eigenvalue weighted by Crippen LogP contribution is -2.44. The molecule has 2 aliphatic rings. The molecule has 0 aromatic carbocycles. The summed E-state index contributed by atoms with van der Waals surface area (Å²) in [5, 5.41) is 10.1. The van der Waals surface area contributed by atoms with E-state index in [0.29, 0.717) is 12.0 Å². The zero-order chi connectivity index (χ0) is 10.7. The van der Waals surface area contributed by atoms with Crippen LogP contribution in [-0.2, 0) is 4.74 Å². The second-order valence-electron chi connectivity index (χ2n) is 5.03. The van der Waals surface area contributed by atoms with Crippen molar-refractivity contribution >= 4 is 0 Å². The summed E-state index contributed by atoms with van der Waals surface area (Å²) in [5.41, 5.74) is 0. The van der Waals surface area contributed by atoms with E-state index in [0.717, 1.165) is 32.7 Å². The fraction of sp³-hybridized carbons (Fsp3) is 1.00. The molecule has 88 valence electrons. The molecule has 2 saturated heterocycles. The Morgan fingerprint density at radius 1 is 1.40 bits per heavy atom. The van der Waals surface area contributed by atoms with Gasteiger partial charge in [0.15, 0.2) is 0 Å². The fourth-order valence-electron chi connectivity index (χ4n) is 2.67. The van der Waals surface area contributed by atoms with Crippen LogP contribution in [0, 0.1) is 5.92 Å². The number of β-amino-alcohol motifs (C(OH)–C–C–N with tert-alkyl or cyclic N) is 1. The smallest absolute Gasteiger partial charge is 0.0718 e. The van der Waals surface area contributed by atoms with Crippen molar-refractivity contribution in [3.8, 4) is 0 Å². The Labute approximate surface area is 92.4 Å². The van der Waals surface area contributed by atoms with Crippen molar-refractivity contribution in [2.45, 2.75) is 44.8 Å². The average Bonchev–Trinajstić information content (AvgIpc) is 2.74. The number of nitrogens with zero attached hydrogens (tertiary/aromatic N) is 1. The highest BCUT2D eigenvalue weighted by molar-refractivity contribution is 4.80. The molecule has 0 spiro atoms. The first-order valence-electron chi connectivity index (χ1n) is 6.27. The van der Waals surface area contributed by atoms with Gasteiger partial charge in [-0.2, -0.15) is 0 Å². The Bertz CT molecular complexity index is 192. The highest BCUT2D eigenvalue weighted by Gasteiger charge is 2.28. The summed E-state index contributed by atoms with van der Waals surface area (Å²) in [4.78, 5) is 2.44. The molecule has 1 N–H and O–H groups in total. The molecule has 0 aliphatic carbocycles. The van der Waals surface area contributed by atoms with E-state index in [-0.39, 0.29) is 6.10 Å². The van der Waals surface area contributed by atoms with Gasteiger partial charge < -0.3 is 9.84 Å². The lowest BCUT2D eigenvalue weighted by atomic mass is 9.98. The largest absolute Gasteiger partial charge is 0.391 e. The van der Waals surface area contributed by atoms with Gasteiger partial charge in [0.1, 0.15) is 0 Å². The van der Waals surface area contributed by atoms with E-state index in [1.807, 2.05) is 0 Å². The molecule has 2 heterocycles. The first-order chi connectivity index (χ1) is 7.27. The number of hydrogen-bond acceptors (Lipinski definition) is 3. The third-order valence-electron chi connectivity index (χ3n) is 3.87. The summed E-state index contributed by atoms with van der Waals surface area (Å²) in [6.07, 6.45) is 4.77. The van der Waals surface area contributed by atoms with Gasteiger partial charge in [-0.3, -0.25) is 4.90 Å². The zero-order valence-electron chi connectivity index (χ0n) is 9.69. The molecule has 0 saturated carbocycles. The number of likely N-dealkylation sites (tertiary alicyclic amines) is 1. The second-order valence-corrected chi connectivity index (χ2v) is 5.03. The minimum Gasteiger partial charge on any atom is -0.391 e. The van der Waals surface area contributed by atoms with Crippen molar-refractivity contribution in [3.63, 3.8) is 0 Å². The molecule has 0 radical (unpaired) electrons. The molecular formula is C12H23NO2. The van der Waals surface area contributed by atoms with Gasteiger partial charge in [-0.25, -0.2) is 0 Å². The average molecular weight is 213 g/mol. The maximum absolute atomic E-state index is 10.1. The third kappa shape index (κ3) is 2.92. The van der Waals surface area contributed by atoms with Gasteiger partial charge in [-0.15, -0.1) is 0 Å². The van der Waals surface area contributed by atoms with Gasteiger partial charge in [0.25, 0.3) is 0 Å². The Kier molecular flexibility index (Phi) is 4.00. The molecule has 0 aromatic heterocycles. The Balaban J connectivity index is 1.78. The first kappa shape index (κ1) is 11.4. The van der Waals surface area contributed by atoms with Crippen LogP contribution in [0.4, 0.5) is 0 Å². The van der Waals surface area contributed by atoms with Gasteiger partial charge in [-0.1, -0.05) is 6.42 Å². The van der Waals surface area contributed by atoms with E-state index in [4.69, 9.17) is 4.74 Å². The molecule has 2 rings (SSSR count). The molecule has 0 aromatic rings. The lowest BCUT2D eigenvalue weighted by molar-refractivity contribution is 0.0335. The van der Waals surface area contributed by atoms with Crippen molar-refractivity contribution in [1.82, 2.24) is 4.90 Å². The minimum atomic E-state index is -0.187. The van der Waals surface area contributed by atoms with Crippen LogP contribution in [-0.4, -0.2) is 48.5 Å². The van der Waals surface area contributed by atoms with Gasteiger partial charge in [0.2, 0.25) is 0 Å². The van der Waals surface area contributed by atoms with Crippen LogP contribution in [0.5, 0.6) is 0 Å². The van der Waals surface area contributed by atoms with E-state index in [9.17, 15) is 5.11 Å². The van der Waals surface area contributed by atoms with Crippen molar-refractivity contribution in [1.29, 1.82) is 0 Å². The fourth-order valence-corrected chi connectivity index (χ4v) is 2.67. The van der Waals surface area contributed by atoms with E-state index < -0.39 is 0 Å². The van der Waals surface area contributed by atoms with Crippen molar-refractivity contribution in [2.75, 3.05) is 26.3 Å². The quantitative estimate of drug-likeness (QED) is 0.766. The van der Waals surface area contributed by atoms with Crippen LogP contribution in [0.2, 0.25) is 0 Å². The van der Waals surface area contributed by atoms with Gasteiger partial charge >= 0.3 is 0 Å². The first-order valence-corrected chi connectivity index (χ1v) is 6.27. The number of ether oxygens (including phenoxy) is 1. The SMILES string of the molecule is CC1CCCCN1CC(O)C1CCOC1. The number of hydrogen-bond donors (Lipinski definition) is 1. The van der Waals surface area contributed by atoms with E-state index in [1.54, 1.807) is 0 Å². The molecule has 0 amide bonds. The van der Waals surface area contributed by atoms with Crippen LogP contribution in [0.3, 0.4) is 0 Å². The summed E-state index contributed by atoms with van der Waals surface area (Å²) in [5.74, 6) is 0.374. The normalized spacial score (nSPS) is 35.6. The van der Waals surface area contributed by atoms with E-state index in [2.05, 4.69) is 11.8 Å². The van der Waals surface area contributed by atoms with Crippen LogP contribution in [0.25, 0.3) is 0 Å². The predicted octanol–water partition coefficient (Wildman–Crippen LogP) is 1.26. The Hall–Kier alpha value is -0.120. The van der Waals surface area contributed by atoms with Crippen LogP contribution in [0.1, 0.15) is 32.6 Å². The topological polar surface area (TPSA) is 32.7 Å². The Morgan fingerprint density at radius 3 is 2.93 bits per heavy atom. The monoisotopic (exact) mass is 213 g/mol. The van der Waals surface area contributed by atoms with Gasteiger partial charge in [0.05, 0.1) is 12.7 Å². The van der Waals surface area contributed by atoms with Crippen LogP contribution < -0.4 is 0 Å². The maximum Gasteiger partial charge on any atom is 0.0718 e. The number of piperidine rings is 1. The zero-order valence-corrected chi connectivity index (χ0v) is 9.69. The molecule has 3 atom stereocenters. The maximum atomic E-state index is 10.1. The van der Waals surface area contributed by atoms with Gasteiger partial charge in [-0.05, 0) is 32.7 Å². The molecule has 3 heteroatoms. The van der Waals surface area contributed by atoms with Crippen molar-refractivity contribution in [2.24, 2.45) is 5.92 Å². The molecule has 2 aliphatic heterocycles. The van der Waals surface area contributed by atoms with E-state index >= 15 is 0 Å². The van der Waals surface area contributed by atoms with Crippen LogP contribution >= 0.6 is 0 Å². The molecule has 3 unspecified atom stereocenters. The standard InChI is InChI=1S/C12H23NO2/c1-10-4-2-3-6-13(10)8-12(14)11-5-7-15-9-11/h10-12,14H,2-9H2,1H3. The van der Waals surface area contributed by atoms with Crippen molar-refractivity contribution in [3.05, 3.63) is 0 Å². The molecule has 2 fully saturated rings. The van der Waals surface area contributed by atoms with E-state index in [1.165, 1.54) is 19.3 Å². The number of aliphatic hydroxyl groups is 1. The third-order valence-corrected chi connectivity index (χ3v) is 3.87. The summed E-state index contributed by atoms with van der Waals surface area (Å²) in [6.45, 7) is 5.86. The van der Waals surface area contributed by atoms with Crippen LogP contribution in [0.15, 0.2) is 0 Å². The highest BCUT2D eigenvalue weighted by Crippen LogP contribution is 2.21. The van der Waals surface area contributed by atoms with Gasteiger partial charge in [0, 0.05) is 25.1 Å². The molecule has 0 bridgehead atoms. The Morgan fingerprint density at radius 2 is 2.27 bits per heavy atom. The lowest BCUT2D eigenvalue weighted by Gasteiger charge is -2.35. The predicted molar refractivity (Wildman–Crippen MR) is 59.8 cm³/mol. The summed E-state index contributed by atoms with van der Waals surface area (Å²) >= 11 is 0. The molecule has 3 nitrogen and oxygen atoms in total. The highest BCUT2D eigenvalue weighted by atomic mass is 16.5. The summed E-state index contributed by atoms with van der Waals surface area (Å²) in [7, 11) is 0. The molecule has 15 heavy (non-hydrogen) atoms.